The van der Waals surface area contributed by atoms with E-state index in [0.29, 0.717) is 15.7 Å². The second kappa shape index (κ2) is 4.83. The van der Waals surface area contributed by atoms with Crippen LogP contribution in [0.4, 0.5) is 5.69 Å². The van der Waals surface area contributed by atoms with E-state index < -0.39 is 5.97 Å². The number of halogens is 2. The van der Waals surface area contributed by atoms with Crippen molar-refractivity contribution in [1.29, 1.82) is 0 Å². The van der Waals surface area contributed by atoms with Gasteiger partial charge in [-0.25, -0.2) is 4.79 Å². The van der Waals surface area contributed by atoms with E-state index in [-0.39, 0.29) is 0 Å². The lowest BCUT2D eigenvalue weighted by Gasteiger charge is -2.00. The van der Waals surface area contributed by atoms with Gasteiger partial charge in [0.25, 0.3) is 0 Å². The van der Waals surface area contributed by atoms with E-state index in [2.05, 4.69) is 10.5 Å². The smallest absolute Gasteiger partial charge is 0.348 e. The van der Waals surface area contributed by atoms with Crippen LogP contribution >= 0.6 is 23.2 Å². The number of carbonyl (C=O) groups is 1. The molecule has 1 aromatic carbocycles. The van der Waals surface area contributed by atoms with Gasteiger partial charge in [0.15, 0.2) is 0 Å². The second-order valence-electron chi connectivity index (χ2n) is 2.34. The van der Waals surface area contributed by atoms with Crippen molar-refractivity contribution in [2.24, 2.45) is 5.10 Å². The lowest BCUT2D eigenvalue weighted by Crippen LogP contribution is -1.98. The zero-order valence-corrected chi connectivity index (χ0v) is 8.38. The number of nitrogens with one attached hydrogen (secondary N) is 1. The average molecular weight is 233 g/mol. The Balaban J connectivity index is 2.69. The summed E-state index contributed by atoms with van der Waals surface area (Å²) in [6, 6.07) is 4.76. The zero-order valence-electron chi connectivity index (χ0n) is 6.87. The Labute approximate surface area is 90.1 Å². The lowest BCUT2D eigenvalue weighted by molar-refractivity contribution is -0.128. The van der Waals surface area contributed by atoms with Gasteiger partial charge >= 0.3 is 5.97 Å². The minimum Gasteiger partial charge on any atom is -0.477 e. The number of hydrazone groups is 1. The molecule has 0 aliphatic carbocycles. The maximum absolute atomic E-state index is 10.1. The van der Waals surface area contributed by atoms with Crippen LogP contribution in [0.1, 0.15) is 0 Å². The van der Waals surface area contributed by atoms with Gasteiger partial charge in [0.2, 0.25) is 0 Å². The molecule has 0 atom stereocenters. The first-order valence-corrected chi connectivity index (χ1v) is 4.32. The van der Waals surface area contributed by atoms with Crippen LogP contribution in [0.5, 0.6) is 0 Å². The van der Waals surface area contributed by atoms with E-state index >= 15 is 0 Å². The molecule has 0 spiro atoms. The maximum Gasteiger partial charge on any atom is 0.348 e. The van der Waals surface area contributed by atoms with Crippen molar-refractivity contribution < 1.29 is 9.90 Å². The molecule has 0 saturated carbocycles. The molecule has 2 N–H and O–H groups in total. The monoisotopic (exact) mass is 232 g/mol. The number of hydrogen-bond acceptors (Lipinski definition) is 3. The number of anilines is 1. The highest BCUT2D eigenvalue weighted by Crippen LogP contribution is 2.24. The number of benzene rings is 1. The summed E-state index contributed by atoms with van der Waals surface area (Å²) in [6.45, 7) is 0. The normalized spacial score (nSPS) is 10.4. The summed E-state index contributed by atoms with van der Waals surface area (Å²) in [7, 11) is 0. The molecule has 4 nitrogen and oxygen atoms in total. The molecule has 0 saturated heterocycles. The van der Waals surface area contributed by atoms with Crippen molar-refractivity contribution in [2.75, 3.05) is 5.43 Å². The Kier molecular flexibility index (Phi) is 3.73. The Morgan fingerprint density at radius 2 is 2.14 bits per heavy atom. The first kappa shape index (κ1) is 10.8. The Morgan fingerprint density at radius 3 is 2.71 bits per heavy atom. The molecule has 0 aromatic heterocycles. The van der Waals surface area contributed by atoms with E-state index in [0.717, 1.165) is 6.21 Å². The molecule has 14 heavy (non-hydrogen) atoms. The van der Waals surface area contributed by atoms with Gasteiger partial charge in [0, 0.05) is 0 Å². The summed E-state index contributed by atoms with van der Waals surface area (Å²) < 4.78 is 0. The SMILES string of the molecule is O=C(O)C=NNc1ccc(Cl)c(Cl)c1. The van der Waals surface area contributed by atoms with Crippen LogP contribution in [-0.2, 0) is 4.79 Å². The van der Waals surface area contributed by atoms with E-state index in [1.54, 1.807) is 18.2 Å². The van der Waals surface area contributed by atoms with Crippen LogP contribution in [-0.4, -0.2) is 17.3 Å². The number of nitrogens with zero attached hydrogens (tertiary/aromatic N) is 1. The predicted molar refractivity (Wildman–Crippen MR) is 56.2 cm³/mol. The van der Waals surface area contributed by atoms with Crippen molar-refractivity contribution in [3.05, 3.63) is 28.2 Å². The molecule has 1 aromatic rings. The third-order valence-electron chi connectivity index (χ3n) is 1.29. The van der Waals surface area contributed by atoms with Gasteiger partial charge < -0.3 is 5.11 Å². The molecule has 6 heteroatoms. The second-order valence-corrected chi connectivity index (χ2v) is 3.15. The molecule has 74 valence electrons. The fourth-order valence-corrected chi connectivity index (χ4v) is 1.03. The Morgan fingerprint density at radius 1 is 1.43 bits per heavy atom. The first-order chi connectivity index (χ1) is 6.59. The predicted octanol–water partition coefficient (Wildman–Crippen LogP) is 2.48. The van der Waals surface area contributed by atoms with Crippen molar-refractivity contribution in [2.45, 2.75) is 0 Å². The van der Waals surface area contributed by atoms with Gasteiger partial charge in [0.1, 0.15) is 6.21 Å². The molecular formula is C8H6Cl2N2O2. The molecule has 0 unspecified atom stereocenters. The quantitative estimate of drug-likeness (QED) is 0.622. The van der Waals surface area contributed by atoms with Crippen LogP contribution in [0.3, 0.4) is 0 Å². The summed E-state index contributed by atoms with van der Waals surface area (Å²) in [5.41, 5.74) is 3.06. The molecule has 0 fully saturated rings. The lowest BCUT2D eigenvalue weighted by atomic mass is 10.3. The summed E-state index contributed by atoms with van der Waals surface area (Å²) in [6.07, 6.45) is 0.739. The molecule has 0 radical (unpaired) electrons. The summed E-state index contributed by atoms with van der Waals surface area (Å²) in [5, 5.41) is 12.5. The van der Waals surface area contributed by atoms with Crippen LogP contribution < -0.4 is 5.43 Å². The van der Waals surface area contributed by atoms with Gasteiger partial charge in [0.05, 0.1) is 15.7 Å². The largest absolute Gasteiger partial charge is 0.477 e. The van der Waals surface area contributed by atoms with Gasteiger partial charge in [-0.2, -0.15) is 5.10 Å². The molecule has 1 rings (SSSR count). The standard InChI is InChI=1S/C8H6Cl2N2O2/c9-6-2-1-5(3-7(6)10)12-11-4-8(13)14/h1-4,12H,(H,13,14). The van der Waals surface area contributed by atoms with Gasteiger partial charge in [-0.1, -0.05) is 23.2 Å². The fourth-order valence-electron chi connectivity index (χ4n) is 0.728. The van der Waals surface area contributed by atoms with E-state index in [1.807, 2.05) is 0 Å². The Hall–Kier alpha value is -1.26. The third kappa shape index (κ3) is 3.24. The van der Waals surface area contributed by atoms with Gasteiger partial charge in [-0.15, -0.1) is 0 Å². The molecule has 0 amide bonds. The van der Waals surface area contributed by atoms with Gasteiger partial charge in [-0.05, 0) is 18.2 Å². The van der Waals surface area contributed by atoms with Gasteiger partial charge in [-0.3, -0.25) is 5.43 Å². The topological polar surface area (TPSA) is 61.7 Å². The molecule has 0 bridgehead atoms. The van der Waals surface area contributed by atoms with Crippen LogP contribution in [0, 0.1) is 0 Å². The fraction of sp³-hybridized carbons (Fsp3) is 0. The molecule has 0 heterocycles. The number of carboxylic acid groups (broad SMARTS) is 1. The van der Waals surface area contributed by atoms with Crippen LogP contribution in [0.25, 0.3) is 0 Å². The average Bonchev–Trinajstić information content (AvgIpc) is 2.10. The summed E-state index contributed by atoms with van der Waals surface area (Å²) >= 11 is 11.4. The Bertz CT molecular complexity index is 380. The molecule has 0 aliphatic rings. The van der Waals surface area contributed by atoms with E-state index in [9.17, 15) is 4.79 Å². The van der Waals surface area contributed by atoms with Crippen molar-refractivity contribution in [1.82, 2.24) is 0 Å². The maximum atomic E-state index is 10.1. The van der Waals surface area contributed by atoms with Crippen LogP contribution in [0.15, 0.2) is 23.3 Å². The number of aliphatic carboxylic acids is 1. The first-order valence-electron chi connectivity index (χ1n) is 3.56. The minimum absolute atomic E-state index is 0.377. The van der Waals surface area contributed by atoms with E-state index in [4.69, 9.17) is 28.3 Å². The zero-order chi connectivity index (χ0) is 10.6. The minimum atomic E-state index is -1.13. The third-order valence-corrected chi connectivity index (χ3v) is 2.03. The summed E-state index contributed by atoms with van der Waals surface area (Å²) in [5.74, 6) is -1.13. The molecular weight excluding hydrogens is 227 g/mol. The van der Waals surface area contributed by atoms with E-state index in [1.165, 1.54) is 0 Å². The highest BCUT2D eigenvalue weighted by Gasteiger charge is 1.97. The van der Waals surface area contributed by atoms with Crippen LogP contribution in [0.2, 0.25) is 10.0 Å². The van der Waals surface area contributed by atoms with Crippen molar-refractivity contribution in [3.63, 3.8) is 0 Å². The van der Waals surface area contributed by atoms with Crippen molar-refractivity contribution >= 4 is 41.1 Å². The number of rotatable bonds is 3. The highest BCUT2D eigenvalue weighted by molar-refractivity contribution is 6.42. The highest BCUT2D eigenvalue weighted by atomic mass is 35.5. The number of hydrogen-bond donors (Lipinski definition) is 2. The number of carboxylic acids is 1. The summed E-state index contributed by atoms with van der Waals surface area (Å²) in [4.78, 5) is 10.1. The molecule has 0 aliphatic heterocycles. The van der Waals surface area contributed by atoms with Crippen molar-refractivity contribution in [3.8, 4) is 0 Å².